The second kappa shape index (κ2) is 21.8. The van der Waals surface area contributed by atoms with Crippen molar-refractivity contribution in [1.82, 2.24) is 13.7 Å². The Morgan fingerprint density at radius 1 is 0.248 bits per heavy atom. The fourth-order valence-electron chi connectivity index (χ4n) is 19.1. The molecule has 0 fully saturated rings. The summed E-state index contributed by atoms with van der Waals surface area (Å²) in [6.45, 7) is 14.2. The molecule has 0 saturated heterocycles. The van der Waals surface area contributed by atoms with Crippen LogP contribution in [0.1, 0.15) is 74.9 Å². The molecule has 0 aliphatic heterocycles. The highest BCUT2D eigenvalue weighted by atomic mass is 32.1. The third-order valence-electron chi connectivity index (χ3n) is 24.0. The molecule has 6 heteroatoms. The Balaban J connectivity index is 0.0000000986. The van der Waals surface area contributed by atoms with Crippen LogP contribution in [0, 0.1) is 0 Å². The third kappa shape index (κ3) is 8.40. The molecule has 6 aromatic heterocycles. The summed E-state index contributed by atoms with van der Waals surface area (Å²) < 4.78 is 22.3. The van der Waals surface area contributed by atoms with Gasteiger partial charge in [0.05, 0.1) is 33.1 Å². The second-order valence-corrected chi connectivity index (χ2v) is 31.7. The van der Waals surface area contributed by atoms with Crippen molar-refractivity contribution in [2.45, 2.75) is 57.8 Å². The van der Waals surface area contributed by atoms with Crippen LogP contribution in [0.2, 0.25) is 0 Å². The summed E-state index contributed by atoms with van der Waals surface area (Å²) in [5.74, 6) is 0. The Bertz CT molecular complexity index is 7190. The van der Waals surface area contributed by atoms with Crippen molar-refractivity contribution >= 4 is 141 Å². The van der Waals surface area contributed by atoms with E-state index >= 15 is 0 Å². The van der Waals surface area contributed by atoms with Crippen molar-refractivity contribution in [3.8, 4) is 50.4 Å². The van der Waals surface area contributed by atoms with Crippen molar-refractivity contribution < 1.29 is 8.83 Å². The molecule has 15 aromatic carbocycles. The summed E-state index contributed by atoms with van der Waals surface area (Å²) in [5.41, 5.74) is 31.3. The molecule has 0 atom stereocenters. The van der Waals surface area contributed by atoms with Crippen LogP contribution in [0.25, 0.3) is 180 Å². The van der Waals surface area contributed by atoms with Crippen LogP contribution >= 0.6 is 11.3 Å². The Morgan fingerprint density at radius 2 is 0.705 bits per heavy atom. The van der Waals surface area contributed by atoms with E-state index in [2.05, 4.69) is 340 Å². The highest BCUT2D eigenvalue weighted by Gasteiger charge is 2.41. The van der Waals surface area contributed by atoms with E-state index in [1.165, 1.54) is 158 Å². The first-order valence-corrected chi connectivity index (χ1v) is 37.4. The topological polar surface area (TPSA) is 41.1 Å². The maximum atomic E-state index is 6.14. The number of hydrogen-bond acceptors (Lipinski definition) is 3. The highest BCUT2D eigenvalue weighted by Crippen LogP contribution is 2.56. The molecule has 105 heavy (non-hydrogen) atoms. The van der Waals surface area contributed by atoms with Gasteiger partial charge >= 0.3 is 0 Å². The molecule has 24 rings (SSSR count). The third-order valence-corrected chi connectivity index (χ3v) is 25.1. The zero-order chi connectivity index (χ0) is 69.9. The van der Waals surface area contributed by atoms with Crippen molar-refractivity contribution in [2.75, 3.05) is 0 Å². The minimum absolute atomic E-state index is 0.0189. The number of hydrogen-bond donors (Lipinski definition) is 0. The van der Waals surface area contributed by atoms with Crippen molar-refractivity contribution in [2.24, 2.45) is 0 Å². The van der Waals surface area contributed by atoms with E-state index in [-0.39, 0.29) is 16.2 Å². The summed E-state index contributed by atoms with van der Waals surface area (Å²) in [7, 11) is 0. The summed E-state index contributed by atoms with van der Waals surface area (Å²) in [5, 5.41) is 15.2. The largest absolute Gasteiger partial charge is 0.456 e. The molecule has 3 aliphatic carbocycles. The maximum Gasteiger partial charge on any atom is 0.135 e. The molecular weight excluding hydrogens is 1300 g/mol. The first-order valence-electron chi connectivity index (χ1n) is 36.6. The lowest BCUT2D eigenvalue weighted by molar-refractivity contribution is 0.660. The molecule has 0 amide bonds. The van der Waals surface area contributed by atoms with Crippen LogP contribution in [0.3, 0.4) is 0 Å². The van der Waals surface area contributed by atoms with Gasteiger partial charge in [0.2, 0.25) is 0 Å². The number of para-hydroxylation sites is 5. The fourth-order valence-corrected chi connectivity index (χ4v) is 20.2. The first-order chi connectivity index (χ1) is 51.4. The van der Waals surface area contributed by atoms with E-state index in [0.717, 1.165) is 55.3 Å². The Kier molecular flexibility index (Phi) is 12.5. The average Bonchev–Trinajstić information content (AvgIpc) is 1.55. The molecule has 0 N–H and O–H groups in total. The number of furan rings is 2. The summed E-state index contributed by atoms with van der Waals surface area (Å²) in [4.78, 5) is 0. The Labute approximate surface area is 610 Å². The number of thiophene rings is 1. The number of nitrogens with zero attached hydrogens (tertiary/aromatic N) is 3. The first kappa shape index (κ1) is 60.1. The lowest BCUT2D eigenvalue weighted by atomic mass is 9.80. The minimum Gasteiger partial charge on any atom is -0.456 e. The van der Waals surface area contributed by atoms with Gasteiger partial charge in [-0.15, -0.1) is 11.3 Å². The zero-order valence-electron chi connectivity index (χ0n) is 59.0. The minimum atomic E-state index is -0.0644. The van der Waals surface area contributed by atoms with Crippen molar-refractivity contribution in [3.05, 3.63) is 343 Å². The molecule has 21 aromatic rings. The molecule has 498 valence electrons. The number of aromatic nitrogens is 3. The molecular formula is C99H69N3O2S. The van der Waals surface area contributed by atoms with Gasteiger partial charge in [0.25, 0.3) is 0 Å². The predicted molar refractivity (Wildman–Crippen MR) is 442 cm³/mol. The van der Waals surface area contributed by atoms with Gasteiger partial charge in [-0.05, 0) is 170 Å². The second-order valence-electron chi connectivity index (χ2n) is 30.6. The molecule has 0 saturated carbocycles. The number of benzene rings is 15. The molecule has 0 unspecified atom stereocenters. The van der Waals surface area contributed by atoms with Gasteiger partial charge in [-0.25, -0.2) is 0 Å². The van der Waals surface area contributed by atoms with Crippen LogP contribution in [0.4, 0.5) is 0 Å². The Hall–Kier alpha value is -12.5. The van der Waals surface area contributed by atoms with E-state index in [0.29, 0.717) is 0 Å². The zero-order valence-corrected chi connectivity index (χ0v) is 59.8. The van der Waals surface area contributed by atoms with Crippen LogP contribution in [-0.4, -0.2) is 13.7 Å². The van der Waals surface area contributed by atoms with Gasteiger partial charge in [-0.1, -0.05) is 242 Å². The van der Waals surface area contributed by atoms with Gasteiger partial charge in [0.1, 0.15) is 22.3 Å². The maximum absolute atomic E-state index is 6.14. The lowest BCUT2D eigenvalue weighted by Gasteiger charge is -2.22. The standard InChI is InChI=1S/2C33H23NO.C33H23NS/c1-33(2)26-12-6-3-11-24(26)31-27(33)17-16-23-21-9-4-7-13-28(21)34(32(23)31)20-15-18-30-25(19-20)22-10-5-8-14-29(22)35-30;1-33(2)26-12-6-3-9-21(26)23-16-17-28-31(32(23)33)24-11-4-7-13-27(24)34(28)20-15-18-30-25(19-20)22-10-5-8-14-29(22)35-30;1-33(2)27-12-6-3-9-21(27)24-18-25-22-10-4-7-13-29(22)34(30(25)19-28(24)33)20-15-16-32-26(17-20)23-11-5-8-14-31(23)35-32/h3*3-19H,1-2H3. The van der Waals surface area contributed by atoms with Gasteiger partial charge in [0, 0.05) is 113 Å². The van der Waals surface area contributed by atoms with Crippen molar-refractivity contribution in [3.63, 3.8) is 0 Å². The molecule has 0 radical (unpaired) electrons. The quantitative estimate of drug-likeness (QED) is 0.177. The van der Waals surface area contributed by atoms with Crippen LogP contribution < -0.4 is 0 Å². The number of rotatable bonds is 3. The lowest BCUT2D eigenvalue weighted by Crippen LogP contribution is -2.15. The SMILES string of the molecule is CC1(C)c2ccccc2-c2c1ccc1c3ccccc3n(-c3ccc4oc5ccccc5c4c3)c21.CC1(C)c2ccccc2-c2cc3c4ccccc4n(-c4ccc5sc6ccccc6c5c4)c3cc21.CC1(C)c2ccccc2-c2ccc3c(c21)c1ccccc1n3-c1ccc2oc3ccccc3c2c1. The van der Waals surface area contributed by atoms with Crippen LogP contribution in [0.15, 0.2) is 318 Å². The van der Waals surface area contributed by atoms with E-state index in [1.807, 2.05) is 35.6 Å². The van der Waals surface area contributed by atoms with E-state index in [1.54, 1.807) is 0 Å². The molecule has 0 bridgehead atoms. The van der Waals surface area contributed by atoms with Gasteiger partial charge < -0.3 is 22.5 Å². The molecule has 0 spiro atoms. The summed E-state index contributed by atoms with van der Waals surface area (Å²) >= 11 is 1.87. The number of fused-ring (bicyclic) bond motifs is 29. The van der Waals surface area contributed by atoms with Gasteiger partial charge in [-0.2, -0.15) is 0 Å². The van der Waals surface area contributed by atoms with E-state index < -0.39 is 0 Å². The highest BCUT2D eigenvalue weighted by molar-refractivity contribution is 7.25. The average molecular weight is 1360 g/mol. The summed E-state index contributed by atoms with van der Waals surface area (Å²) in [6, 6.07) is 113. The van der Waals surface area contributed by atoms with E-state index in [9.17, 15) is 0 Å². The van der Waals surface area contributed by atoms with Crippen LogP contribution in [0.5, 0.6) is 0 Å². The fraction of sp³-hybridized carbons (Fsp3) is 0.0909. The summed E-state index contributed by atoms with van der Waals surface area (Å²) in [6.07, 6.45) is 0. The van der Waals surface area contributed by atoms with Crippen LogP contribution in [-0.2, 0) is 16.2 Å². The molecule has 6 heterocycles. The van der Waals surface area contributed by atoms with E-state index in [4.69, 9.17) is 8.83 Å². The monoisotopic (exact) mass is 1360 g/mol. The normalized spacial score (nSPS) is 14.2. The van der Waals surface area contributed by atoms with Gasteiger partial charge in [0.15, 0.2) is 0 Å². The van der Waals surface area contributed by atoms with Crippen molar-refractivity contribution in [1.29, 1.82) is 0 Å². The Morgan fingerprint density at radius 3 is 1.37 bits per heavy atom. The van der Waals surface area contributed by atoms with Gasteiger partial charge in [-0.3, -0.25) is 0 Å². The predicted octanol–water partition coefficient (Wildman–Crippen LogP) is 27.4. The smallest absolute Gasteiger partial charge is 0.135 e. The molecule has 5 nitrogen and oxygen atoms in total. The molecule has 3 aliphatic rings.